The number of alkyl halides is 3. The van der Waals surface area contributed by atoms with Crippen molar-refractivity contribution in [1.82, 2.24) is 0 Å². The van der Waals surface area contributed by atoms with Crippen LogP contribution in [0.3, 0.4) is 0 Å². The van der Waals surface area contributed by atoms with Crippen LogP contribution >= 0.6 is 0 Å². The van der Waals surface area contributed by atoms with Gasteiger partial charge in [0, 0.05) is 0 Å². The second-order valence-electron chi connectivity index (χ2n) is 7.50. The molecule has 0 radical (unpaired) electrons. The molecular formula is C26H25F3O5S2. The fourth-order valence-electron chi connectivity index (χ4n) is 2.94. The molecule has 5 nitrogen and oxygen atoms in total. The van der Waals surface area contributed by atoms with E-state index >= 15 is 0 Å². The first-order chi connectivity index (χ1) is 16.9. The number of rotatable bonds is 9. The number of benzene rings is 3. The van der Waals surface area contributed by atoms with Gasteiger partial charge in [0.2, 0.25) is 0 Å². The Morgan fingerprint density at radius 2 is 1.28 bits per heavy atom. The topological polar surface area (TPSA) is 94.5 Å². The summed E-state index contributed by atoms with van der Waals surface area (Å²) in [5.74, 6) is -1.54. The van der Waals surface area contributed by atoms with Crippen LogP contribution in [0.1, 0.15) is 19.8 Å². The molecule has 3 rings (SSSR count). The van der Waals surface area contributed by atoms with Crippen LogP contribution in [0.5, 0.6) is 0 Å². The fraction of sp³-hybridized carbons (Fsp3) is 0.192. The van der Waals surface area contributed by atoms with Gasteiger partial charge in [-0.2, -0.15) is 17.2 Å². The molecule has 192 valence electrons. The highest BCUT2D eigenvalue weighted by atomic mass is 32.2. The quantitative estimate of drug-likeness (QED) is 0.233. The van der Waals surface area contributed by atoms with E-state index in [0.29, 0.717) is 0 Å². The summed E-state index contributed by atoms with van der Waals surface area (Å²) in [7, 11) is -5.84. The third kappa shape index (κ3) is 8.25. The summed E-state index contributed by atoms with van der Waals surface area (Å²) in [5.41, 5.74) is -0.285. The van der Waals surface area contributed by atoms with Crippen LogP contribution in [-0.2, 0) is 25.8 Å². The van der Waals surface area contributed by atoms with Gasteiger partial charge in [0.05, 0.1) is 16.9 Å². The normalized spacial score (nSPS) is 13.0. The Morgan fingerprint density at radius 1 is 0.917 bits per heavy atom. The molecule has 0 aromatic heterocycles. The van der Waals surface area contributed by atoms with Gasteiger partial charge in [0.25, 0.3) is 0 Å². The van der Waals surface area contributed by atoms with Crippen LogP contribution in [0.25, 0.3) is 0 Å². The molecular weight excluding hydrogens is 513 g/mol. The predicted molar refractivity (Wildman–Crippen MR) is 131 cm³/mol. The Labute approximate surface area is 211 Å². The number of hydrogen-bond donors (Lipinski definition) is 1. The van der Waals surface area contributed by atoms with Crippen molar-refractivity contribution in [3.63, 3.8) is 0 Å². The van der Waals surface area contributed by atoms with Crippen molar-refractivity contribution in [2.24, 2.45) is 0 Å². The summed E-state index contributed by atoms with van der Waals surface area (Å²) in [6.07, 6.45) is -3.57. The highest BCUT2D eigenvalue weighted by molar-refractivity contribution is 7.97. The standard InChI is InChI=1S/C18H15S.C8H11F3O5S/c1-4-10-16(11-5-1)19(17-12-6-2-7-13-17)18-14-8-3-9-15-18;1-5(7(12)13)3-2-4-6(9)8(10,11)17(14,15)16/h1-15H;3,6H,2,4H2,1H3,(H,12,13)(H,14,15,16)/q+1;/p-1. The summed E-state index contributed by atoms with van der Waals surface area (Å²) < 4.78 is 66.5. The fourth-order valence-corrected chi connectivity index (χ4v) is 5.48. The molecule has 0 amide bonds. The number of carboxylic acid groups (broad SMARTS) is 1. The lowest BCUT2D eigenvalue weighted by atomic mass is 10.1. The molecule has 36 heavy (non-hydrogen) atoms. The first-order valence-corrected chi connectivity index (χ1v) is 13.4. The molecule has 0 saturated carbocycles. The van der Waals surface area contributed by atoms with Crippen molar-refractivity contribution in [3.05, 3.63) is 103 Å². The van der Waals surface area contributed by atoms with Gasteiger partial charge in [0.1, 0.15) is 0 Å². The Bertz CT molecular complexity index is 1140. The molecule has 10 heteroatoms. The largest absolute Gasteiger partial charge is 0.545 e. The molecule has 1 atom stereocenters. The van der Waals surface area contributed by atoms with E-state index in [9.17, 15) is 31.5 Å². The third-order valence-electron chi connectivity index (χ3n) is 4.84. The maximum Gasteiger partial charge on any atom is 0.400 e. The molecule has 0 aliphatic heterocycles. The number of aliphatic carboxylic acids is 1. The zero-order chi connectivity index (χ0) is 26.8. The molecule has 0 bridgehead atoms. The SMILES string of the molecule is CC(=CCCC(F)C(F)(F)S(=O)(=O)O)C(=O)[O-].c1ccc([S+](c2ccccc2)c2ccccc2)cc1. The molecule has 3 aromatic carbocycles. The molecule has 0 heterocycles. The maximum absolute atomic E-state index is 12.8. The number of carboxylic acids is 1. The first-order valence-electron chi connectivity index (χ1n) is 10.7. The number of carbonyl (C=O) groups excluding carboxylic acids is 1. The molecule has 0 fully saturated rings. The van der Waals surface area contributed by atoms with E-state index in [4.69, 9.17) is 4.55 Å². The average molecular weight is 539 g/mol. The Morgan fingerprint density at radius 3 is 1.58 bits per heavy atom. The lowest BCUT2D eigenvalue weighted by molar-refractivity contribution is -0.299. The Kier molecular flexibility index (Phi) is 10.8. The maximum atomic E-state index is 12.8. The predicted octanol–water partition coefficient (Wildman–Crippen LogP) is 5.06. The van der Waals surface area contributed by atoms with Crippen molar-refractivity contribution >= 4 is 27.0 Å². The van der Waals surface area contributed by atoms with Crippen molar-refractivity contribution in [1.29, 1.82) is 0 Å². The van der Waals surface area contributed by atoms with Crippen LogP contribution in [0.4, 0.5) is 13.2 Å². The van der Waals surface area contributed by atoms with Gasteiger partial charge in [-0.05, 0) is 61.7 Å². The smallest absolute Gasteiger partial charge is 0.400 e. The second-order valence-corrected chi connectivity index (χ2v) is 11.0. The van der Waals surface area contributed by atoms with Crippen molar-refractivity contribution < 1.29 is 36.0 Å². The van der Waals surface area contributed by atoms with Gasteiger partial charge in [-0.25, -0.2) is 4.39 Å². The van der Waals surface area contributed by atoms with Gasteiger partial charge in [-0.15, -0.1) is 0 Å². The summed E-state index contributed by atoms with van der Waals surface area (Å²) in [6, 6.07) is 32.2. The van der Waals surface area contributed by atoms with Crippen LogP contribution in [-0.4, -0.2) is 30.4 Å². The Balaban J connectivity index is 0.000000256. The molecule has 1 N–H and O–H groups in total. The van der Waals surface area contributed by atoms with Gasteiger partial charge in [0.15, 0.2) is 20.9 Å². The van der Waals surface area contributed by atoms with Crippen LogP contribution in [0.15, 0.2) is 117 Å². The van der Waals surface area contributed by atoms with Gasteiger partial charge in [-0.1, -0.05) is 60.7 Å². The first kappa shape index (κ1) is 29.2. The minimum atomic E-state index is -5.83. The summed E-state index contributed by atoms with van der Waals surface area (Å²) >= 11 is 0. The molecule has 0 aliphatic carbocycles. The van der Waals surface area contributed by atoms with Crippen molar-refractivity contribution in [2.75, 3.05) is 0 Å². The zero-order valence-corrected chi connectivity index (χ0v) is 20.9. The third-order valence-corrected chi connectivity index (χ3v) is 8.01. The number of halogens is 3. The van der Waals surface area contributed by atoms with E-state index in [1.54, 1.807) is 0 Å². The number of hydrogen-bond acceptors (Lipinski definition) is 4. The summed E-state index contributed by atoms with van der Waals surface area (Å²) in [5, 5.41) is 5.27. The summed E-state index contributed by atoms with van der Waals surface area (Å²) in [4.78, 5) is 14.3. The van der Waals surface area contributed by atoms with Gasteiger partial charge >= 0.3 is 15.4 Å². The van der Waals surface area contributed by atoms with Gasteiger partial charge < -0.3 is 9.90 Å². The van der Waals surface area contributed by atoms with E-state index in [1.165, 1.54) is 14.7 Å². The van der Waals surface area contributed by atoms with Crippen molar-refractivity contribution in [2.45, 2.75) is 45.9 Å². The van der Waals surface area contributed by atoms with E-state index in [-0.39, 0.29) is 16.5 Å². The molecule has 0 aliphatic rings. The van der Waals surface area contributed by atoms with Crippen molar-refractivity contribution in [3.8, 4) is 0 Å². The van der Waals surface area contributed by atoms with E-state index in [2.05, 4.69) is 91.0 Å². The second kappa shape index (κ2) is 13.3. The van der Waals surface area contributed by atoms with E-state index in [1.807, 2.05) is 0 Å². The van der Waals surface area contributed by atoms with E-state index < -0.39 is 40.4 Å². The van der Waals surface area contributed by atoms with E-state index in [0.717, 1.165) is 13.0 Å². The molecule has 0 saturated heterocycles. The minimum Gasteiger partial charge on any atom is -0.545 e. The number of carbonyl (C=O) groups is 1. The minimum absolute atomic E-state index is 0.0146. The summed E-state index contributed by atoms with van der Waals surface area (Å²) in [6.45, 7) is 1.11. The average Bonchev–Trinajstić information content (AvgIpc) is 2.85. The highest BCUT2D eigenvalue weighted by Crippen LogP contribution is 2.31. The number of allylic oxidation sites excluding steroid dienone is 1. The molecule has 1 unspecified atom stereocenters. The monoisotopic (exact) mass is 538 g/mol. The zero-order valence-electron chi connectivity index (χ0n) is 19.3. The lowest BCUT2D eigenvalue weighted by Gasteiger charge is -2.16. The highest BCUT2D eigenvalue weighted by Gasteiger charge is 2.52. The molecule has 3 aromatic rings. The van der Waals surface area contributed by atoms with Gasteiger partial charge in [-0.3, -0.25) is 4.55 Å². The molecule has 0 spiro atoms. The van der Waals surface area contributed by atoms with Crippen LogP contribution in [0, 0.1) is 0 Å². The lowest BCUT2D eigenvalue weighted by Crippen LogP contribution is -2.38. The van der Waals surface area contributed by atoms with Crippen LogP contribution in [0.2, 0.25) is 0 Å². The van der Waals surface area contributed by atoms with Crippen LogP contribution < -0.4 is 5.11 Å². The Hall–Kier alpha value is -3.08.